The van der Waals surface area contributed by atoms with E-state index in [1.54, 1.807) is 0 Å². The van der Waals surface area contributed by atoms with E-state index in [0.29, 0.717) is 19.2 Å². The van der Waals surface area contributed by atoms with Crippen LogP contribution in [0.15, 0.2) is 24.3 Å². The molecule has 18 heavy (non-hydrogen) atoms. The van der Waals surface area contributed by atoms with Crippen molar-refractivity contribution in [2.75, 3.05) is 19.7 Å². The van der Waals surface area contributed by atoms with Crippen LogP contribution in [0.3, 0.4) is 0 Å². The Hall–Kier alpha value is -1.06. The normalized spacial score (nSPS) is 13.1. The van der Waals surface area contributed by atoms with Gasteiger partial charge in [-0.05, 0) is 45.0 Å². The van der Waals surface area contributed by atoms with Gasteiger partial charge in [-0.2, -0.15) is 0 Å². The van der Waals surface area contributed by atoms with E-state index < -0.39 is 0 Å². The Morgan fingerprint density at radius 2 is 1.78 bits per heavy atom. The number of nitrogens with two attached hydrogens (primary N) is 1. The van der Waals surface area contributed by atoms with E-state index in [-0.39, 0.29) is 6.04 Å². The first-order chi connectivity index (χ1) is 8.63. The molecule has 0 amide bonds. The summed E-state index contributed by atoms with van der Waals surface area (Å²) >= 11 is 0. The van der Waals surface area contributed by atoms with Gasteiger partial charge in [0, 0.05) is 18.6 Å². The summed E-state index contributed by atoms with van der Waals surface area (Å²) in [5.74, 6) is 0.921. The lowest BCUT2D eigenvalue weighted by atomic mass is 10.0. The third kappa shape index (κ3) is 3.72. The molecule has 0 spiro atoms. The van der Waals surface area contributed by atoms with Crippen LogP contribution >= 0.6 is 0 Å². The smallest absolute Gasteiger partial charge is 0.119 e. The molecule has 3 nitrogen and oxygen atoms in total. The highest BCUT2D eigenvalue weighted by Gasteiger charge is 2.19. The molecule has 1 aromatic rings. The van der Waals surface area contributed by atoms with Gasteiger partial charge in [0.15, 0.2) is 0 Å². The molecule has 0 heterocycles. The minimum atomic E-state index is 0.283. The molecule has 0 fully saturated rings. The summed E-state index contributed by atoms with van der Waals surface area (Å²) < 4.78 is 5.46. The van der Waals surface area contributed by atoms with Crippen molar-refractivity contribution in [3.8, 4) is 5.75 Å². The predicted molar refractivity (Wildman–Crippen MR) is 76.9 cm³/mol. The number of nitrogens with zero attached hydrogens (tertiary/aromatic N) is 1. The van der Waals surface area contributed by atoms with Crippen molar-refractivity contribution in [3.63, 3.8) is 0 Å². The number of hydrogen-bond donors (Lipinski definition) is 1. The zero-order valence-corrected chi connectivity index (χ0v) is 12.0. The molecule has 0 aliphatic rings. The summed E-state index contributed by atoms with van der Waals surface area (Å²) in [6.07, 6.45) is 0. The molecule has 0 aliphatic carbocycles. The molecule has 0 saturated heterocycles. The van der Waals surface area contributed by atoms with E-state index in [0.717, 1.165) is 12.3 Å². The van der Waals surface area contributed by atoms with Crippen LogP contribution in [0.2, 0.25) is 0 Å². The van der Waals surface area contributed by atoms with Crippen molar-refractivity contribution >= 4 is 0 Å². The fraction of sp³-hybridized carbons (Fsp3) is 0.600. The molecular formula is C15H26N2O. The van der Waals surface area contributed by atoms with Crippen LogP contribution in [0.25, 0.3) is 0 Å². The first kappa shape index (κ1) is 15.0. The minimum Gasteiger partial charge on any atom is -0.494 e. The lowest BCUT2D eigenvalue weighted by Crippen LogP contribution is -2.38. The van der Waals surface area contributed by atoms with Gasteiger partial charge in [-0.3, -0.25) is 4.90 Å². The molecule has 3 heteroatoms. The summed E-state index contributed by atoms with van der Waals surface area (Å²) in [6.45, 7) is 10.9. The van der Waals surface area contributed by atoms with E-state index in [1.807, 2.05) is 19.1 Å². The summed E-state index contributed by atoms with van der Waals surface area (Å²) in [5.41, 5.74) is 7.20. The predicted octanol–water partition coefficient (Wildman–Crippen LogP) is 2.82. The number of benzene rings is 1. The Morgan fingerprint density at radius 3 is 2.17 bits per heavy atom. The van der Waals surface area contributed by atoms with E-state index in [1.165, 1.54) is 5.56 Å². The van der Waals surface area contributed by atoms with Crippen LogP contribution in [0.5, 0.6) is 5.75 Å². The van der Waals surface area contributed by atoms with Gasteiger partial charge in [0.2, 0.25) is 0 Å². The van der Waals surface area contributed by atoms with Gasteiger partial charge in [0.25, 0.3) is 0 Å². The highest BCUT2D eigenvalue weighted by molar-refractivity contribution is 5.29. The maximum atomic E-state index is 5.94. The molecule has 1 aromatic carbocycles. The van der Waals surface area contributed by atoms with Gasteiger partial charge >= 0.3 is 0 Å². The highest BCUT2D eigenvalue weighted by atomic mass is 16.5. The summed E-state index contributed by atoms with van der Waals surface area (Å²) in [7, 11) is 0. The van der Waals surface area contributed by atoms with Crippen molar-refractivity contribution in [1.29, 1.82) is 0 Å². The van der Waals surface area contributed by atoms with Crippen LogP contribution in [-0.2, 0) is 0 Å². The van der Waals surface area contributed by atoms with Crippen molar-refractivity contribution in [2.45, 2.75) is 39.8 Å². The first-order valence-electron chi connectivity index (χ1n) is 6.82. The Balaban J connectivity index is 2.87. The SMILES string of the molecule is CCOc1ccc(C(CN)N(CC)C(C)C)cc1. The van der Waals surface area contributed by atoms with Crippen LogP contribution in [0.1, 0.15) is 39.3 Å². The van der Waals surface area contributed by atoms with Crippen molar-refractivity contribution in [3.05, 3.63) is 29.8 Å². The van der Waals surface area contributed by atoms with E-state index in [9.17, 15) is 0 Å². The largest absolute Gasteiger partial charge is 0.494 e. The minimum absolute atomic E-state index is 0.283. The maximum Gasteiger partial charge on any atom is 0.119 e. The molecule has 0 aliphatic heterocycles. The topological polar surface area (TPSA) is 38.5 Å². The summed E-state index contributed by atoms with van der Waals surface area (Å²) in [6, 6.07) is 9.06. The van der Waals surface area contributed by atoms with Gasteiger partial charge in [-0.25, -0.2) is 0 Å². The second-order valence-electron chi connectivity index (χ2n) is 4.68. The lowest BCUT2D eigenvalue weighted by Gasteiger charge is -2.33. The molecule has 0 aromatic heterocycles. The molecule has 102 valence electrons. The fourth-order valence-electron chi connectivity index (χ4n) is 2.36. The van der Waals surface area contributed by atoms with Crippen molar-refractivity contribution < 1.29 is 4.74 Å². The van der Waals surface area contributed by atoms with Crippen molar-refractivity contribution in [2.24, 2.45) is 5.73 Å². The van der Waals surface area contributed by atoms with E-state index in [4.69, 9.17) is 10.5 Å². The standard InChI is InChI=1S/C15H26N2O/c1-5-17(12(3)4)15(11-16)13-7-9-14(10-8-13)18-6-2/h7-10,12,15H,5-6,11,16H2,1-4H3. The quantitative estimate of drug-likeness (QED) is 0.808. The van der Waals surface area contributed by atoms with Crippen LogP contribution < -0.4 is 10.5 Å². The summed E-state index contributed by atoms with van der Waals surface area (Å²) in [5, 5.41) is 0. The fourth-order valence-corrected chi connectivity index (χ4v) is 2.36. The van der Waals surface area contributed by atoms with Gasteiger partial charge in [0.1, 0.15) is 5.75 Å². The van der Waals surface area contributed by atoms with Gasteiger partial charge in [-0.15, -0.1) is 0 Å². The Kier molecular flexibility index (Phi) is 6.16. The third-order valence-corrected chi connectivity index (χ3v) is 3.23. The zero-order chi connectivity index (χ0) is 13.5. The third-order valence-electron chi connectivity index (χ3n) is 3.23. The van der Waals surface area contributed by atoms with Crippen LogP contribution in [0, 0.1) is 0 Å². The number of likely N-dealkylation sites (N-methyl/N-ethyl adjacent to an activating group) is 1. The maximum absolute atomic E-state index is 5.94. The van der Waals surface area contributed by atoms with Crippen LogP contribution in [0.4, 0.5) is 0 Å². The Morgan fingerprint density at radius 1 is 1.17 bits per heavy atom. The monoisotopic (exact) mass is 250 g/mol. The Bertz CT molecular complexity index is 335. The molecule has 0 bridgehead atoms. The molecular weight excluding hydrogens is 224 g/mol. The molecule has 0 radical (unpaired) electrons. The molecule has 0 saturated carbocycles. The summed E-state index contributed by atoms with van der Waals surface area (Å²) in [4.78, 5) is 2.41. The Labute approximate surface area is 111 Å². The van der Waals surface area contributed by atoms with E-state index in [2.05, 4.69) is 37.8 Å². The van der Waals surface area contributed by atoms with E-state index >= 15 is 0 Å². The zero-order valence-electron chi connectivity index (χ0n) is 12.0. The van der Waals surface area contributed by atoms with Crippen molar-refractivity contribution in [1.82, 2.24) is 4.90 Å². The average molecular weight is 250 g/mol. The highest BCUT2D eigenvalue weighted by Crippen LogP contribution is 2.24. The molecule has 1 rings (SSSR count). The number of ether oxygens (including phenoxy) is 1. The molecule has 1 unspecified atom stereocenters. The number of rotatable bonds is 7. The van der Waals surface area contributed by atoms with Gasteiger partial charge in [-0.1, -0.05) is 19.1 Å². The first-order valence-corrected chi connectivity index (χ1v) is 6.82. The second-order valence-corrected chi connectivity index (χ2v) is 4.68. The second kappa shape index (κ2) is 7.39. The molecule has 2 N–H and O–H groups in total. The molecule has 1 atom stereocenters. The van der Waals surface area contributed by atoms with Gasteiger partial charge in [0.05, 0.1) is 6.61 Å². The van der Waals surface area contributed by atoms with Crippen LogP contribution in [-0.4, -0.2) is 30.6 Å². The lowest BCUT2D eigenvalue weighted by molar-refractivity contribution is 0.166. The average Bonchev–Trinajstić information content (AvgIpc) is 2.37. The number of hydrogen-bond acceptors (Lipinski definition) is 3. The van der Waals surface area contributed by atoms with Gasteiger partial charge < -0.3 is 10.5 Å².